The second-order valence-electron chi connectivity index (χ2n) is 6.35. The number of aromatic nitrogens is 1. The fraction of sp³-hybridized carbons (Fsp3) is 0.0909. The van der Waals surface area contributed by atoms with Gasteiger partial charge in [0.15, 0.2) is 0 Å². The molecule has 28 heavy (non-hydrogen) atoms. The van der Waals surface area contributed by atoms with Crippen molar-refractivity contribution in [2.75, 3.05) is 5.73 Å². The Morgan fingerprint density at radius 3 is 2.57 bits per heavy atom. The lowest BCUT2D eigenvalue weighted by Crippen LogP contribution is -2.24. The molecule has 0 aliphatic carbocycles. The summed E-state index contributed by atoms with van der Waals surface area (Å²) in [4.78, 5) is 16.9. The van der Waals surface area contributed by atoms with E-state index < -0.39 is 0 Å². The molecule has 1 aromatic heterocycles. The van der Waals surface area contributed by atoms with Gasteiger partial charge in [0, 0.05) is 12.2 Å². The van der Waals surface area contributed by atoms with E-state index in [1.54, 1.807) is 11.3 Å². The van der Waals surface area contributed by atoms with Crippen LogP contribution in [0.3, 0.4) is 0 Å². The van der Waals surface area contributed by atoms with Crippen LogP contribution in [0, 0.1) is 0 Å². The van der Waals surface area contributed by atoms with Gasteiger partial charge in [-0.2, -0.15) is 0 Å². The summed E-state index contributed by atoms with van der Waals surface area (Å²) in [6, 6.07) is 24.0. The van der Waals surface area contributed by atoms with E-state index in [0.29, 0.717) is 12.2 Å². The number of anilines is 1. The van der Waals surface area contributed by atoms with E-state index in [1.165, 1.54) is 5.56 Å². The van der Waals surface area contributed by atoms with Gasteiger partial charge in [-0.3, -0.25) is 4.79 Å². The maximum absolute atomic E-state index is 12.3. The summed E-state index contributed by atoms with van der Waals surface area (Å²) in [5, 5.41) is 3.75. The minimum atomic E-state index is -0.0419. The van der Waals surface area contributed by atoms with Gasteiger partial charge < -0.3 is 11.1 Å². The Morgan fingerprint density at radius 1 is 0.964 bits per heavy atom. The summed E-state index contributed by atoms with van der Waals surface area (Å²) >= 11 is 1.57. The molecule has 0 radical (unpaired) electrons. The Balaban J connectivity index is 0.00000225. The minimum Gasteiger partial charge on any atom is -0.399 e. The van der Waals surface area contributed by atoms with E-state index in [-0.39, 0.29) is 24.7 Å². The average Bonchev–Trinajstić information content (AvgIpc) is 3.08. The minimum absolute atomic E-state index is 0. The number of nitrogens with one attached hydrogen (secondary N) is 1. The third kappa shape index (κ3) is 4.68. The normalized spacial score (nSPS) is 10.4. The molecule has 1 heterocycles. The largest absolute Gasteiger partial charge is 0.399 e. The van der Waals surface area contributed by atoms with Crippen LogP contribution in [-0.2, 0) is 17.8 Å². The maximum atomic E-state index is 12.3. The highest BCUT2D eigenvalue weighted by atomic mass is 35.5. The molecule has 0 aliphatic heterocycles. The zero-order chi connectivity index (χ0) is 18.6. The van der Waals surface area contributed by atoms with Crippen LogP contribution in [0.1, 0.15) is 10.6 Å². The summed E-state index contributed by atoms with van der Waals surface area (Å²) in [6.07, 6.45) is 0.280. The van der Waals surface area contributed by atoms with E-state index in [1.807, 2.05) is 48.5 Å². The highest BCUT2D eigenvalue weighted by Crippen LogP contribution is 2.28. The molecule has 0 aliphatic rings. The molecule has 6 heteroatoms. The molecule has 0 saturated heterocycles. The second kappa shape index (κ2) is 8.87. The average molecular weight is 410 g/mol. The van der Waals surface area contributed by atoms with Crippen molar-refractivity contribution in [2.24, 2.45) is 0 Å². The number of nitrogens with zero attached hydrogens (tertiary/aromatic N) is 1. The van der Waals surface area contributed by atoms with Gasteiger partial charge in [-0.1, -0.05) is 48.5 Å². The van der Waals surface area contributed by atoms with Crippen LogP contribution < -0.4 is 11.1 Å². The molecule has 0 bridgehead atoms. The quantitative estimate of drug-likeness (QED) is 0.464. The lowest BCUT2D eigenvalue weighted by atomic mass is 10.1. The van der Waals surface area contributed by atoms with Gasteiger partial charge in [-0.15, -0.1) is 23.7 Å². The van der Waals surface area contributed by atoms with Gasteiger partial charge >= 0.3 is 0 Å². The zero-order valence-corrected chi connectivity index (χ0v) is 16.7. The summed E-state index contributed by atoms with van der Waals surface area (Å²) in [5.41, 5.74) is 10.7. The Hall–Kier alpha value is -2.89. The van der Waals surface area contributed by atoms with Gasteiger partial charge in [0.2, 0.25) is 5.91 Å². The molecule has 4 aromatic rings. The van der Waals surface area contributed by atoms with Gasteiger partial charge in [0.05, 0.1) is 16.6 Å². The number of hydrogen-bond acceptors (Lipinski definition) is 4. The van der Waals surface area contributed by atoms with E-state index in [0.717, 1.165) is 26.4 Å². The topological polar surface area (TPSA) is 68.0 Å². The molecule has 4 rings (SSSR count). The molecule has 0 fully saturated rings. The Labute approximate surface area is 173 Å². The number of hydrogen-bond donors (Lipinski definition) is 2. The predicted molar refractivity (Wildman–Crippen MR) is 119 cm³/mol. The molecular formula is C22H20ClN3OS. The summed E-state index contributed by atoms with van der Waals surface area (Å²) in [6.45, 7) is 0.465. The molecule has 0 atom stereocenters. The van der Waals surface area contributed by atoms with Crippen LogP contribution in [-0.4, -0.2) is 10.9 Å². The van der Waals surface area contributed by atoms with E-state index in [2.05, 4.69) is 34.6 Å². The van der Waals surface area contributed by atoms with Crippen molar-refractivity contribution >= 4 is 45.6 Å². The molecule has 3 aromatic carbocycles. The first-order valence-corrected chi connectivity index (χ1v) is 9.55. The van der Waals surface area contributed by atoms with E-state index >= 15 is 0 Å². The fourth-order valence-electron chi connectivity index (χ4n) is 2.96. The highest BCUT2D eigenvalue weighted by molar-refractivity contribution is 7.18. The molecule has 4 nitrogen and oxygen atoms in total. The number of rotatable bonds is 5. The summed E-state index contributed by atoms with van der Waals surface area (Å²) in [5.74, 6) is -0.0419. The van der Waals surface area contributed by atoms with Crippen LogP contribution in [0.4, 0.5) is 5.69 Å². The van der Waals surface area contributed by atoms with Crippen molar-refractivity contribution < 1.29 is 4.79 Å². The van der Waals surface area contributed by atoms with Crippen molar-refractivity contribution in [3.63, 3.8) is 0 Å². The maximum Gasteiger partial charge on any atom is 0.227 e. The number of halogens is 1. The van der Waals surface area contributed by atoms with Gasteiger partial charge in [-0.25, -0.2) is 4.98 Å². The van der Waals surface area contributed by atoms with Gasteiger partial charge in [0.25, 0.3) is 0 Å². The third-order valence-corrected chi connectivity index (χ3v) is 5.31. The van der Waals surface area contributed by atoms with E-state index in [9.17, 15) is 4.79 Å². The zero-order valence-electron chi connectivity index (χ0n) is 15.1. The van der Waals surface area contributed by atoms with E-state index in [4.69, 9.17) is 5.73 Å². The van der Waals surface area contributed by atoms with Crippen LogP contribution in [0.5, 0.6) is 0 Å². The molecular weight excluding hydrogens is 390 g/mol. The molecule has 0 unspecified atom stereocenters. The number of amides is 1. The van der Waals surface area contributed by atoms with Crippen LogP contribution in [0.25, 0.3) is 21.3 Å². The second-order valence-corrected chi connectivity index (χ2v) is 7.47. The number of carbonyl (C=O) groups excluding carboxylic acids is 1. The van der Waals surface area contributed by atoms with Crippen molar-refractivity contribution in [1.29, 1.82) is 0 Å². The number of benzene rings is 3. The number of nitrogen functional groups attached to an aromatic ring is 1. The summed E-state index contributed by atoms with van der Waals surface area (Å²) < 4.78 is 1.09. The highest BCUT2D eigenvalue weighted by Gasteiger charge is 2.10. The lowest BCUT2D eigenvalue weighted by Gasteiger charge is -2.04. The first-order valence-electron chi connectivity index (χ1n) is 8.73. The van der Waals surface area contributed by atoms with Crippen molar-refractivity contribution in [2.45, 2.75) is 13.0 Å². The molecule has 0 spiro atoms. The molecule has 142 valence electrons. The standard InChI is InChI=1S/C22H19N3OS.ClH/c23-18-8-4-5-15(11-18)14-24-21(26)13-22-25-19-10-9-17(12-20(19)27-22)16-6-2-1-3-7-16;/h1-12H,13-14,23H2,(H,24,26);1H. The monoisotopic (exact) mass is 409 g/mol. The fourth-order valence-corrected chi connectivity index (χ4v) is 3.97. The van der Waals surface area contributed by atoms with Crippen LogP contribution >= 0.6 is 23.7 Å². The Bertz CT molecular complexity index is 1100. The predicted octanol–water partition coefficient (Wildman–Crippen LogP) is 4.83. The molecule has 0 saturated carbocycles. The molecule has 3 N–H and O–H groups in total. The van der Waals surface area contributed by atoms with Crippen molar-refractivity contribution in [3.05, 3.63) is 83.4 Å². The van der Waals surface area contributed by atoms with Crippen molar-refractivity contribution in [1.82, 2.24) is 10.3 Å². The molecule has 1 amide bonds. The smallest absolute Gasteiger partial charge is 0.227 e. The third-order valence-electron chi connectivity index (χ3n) is 4.29. The number of nitrogens with two attached hydrogens (primary N) is 1. The Kier molecular flexibility index (Phi) is 6.29. The first-order chi connectivity index (χ1) is 13.2. The number of thiazole rings is 1. The van der Waals surface area contributed by atoms with Crippen LogP contribution in [0.15, 0.2) is 72.8 Å². The summed E-state index contributed by atoms with van der Waals surface area (Å²) in [7, 11) is 0. The Morgan fingerprint density at radius 2 is 1.79 bits per heavy atom. The lowest BCUT2D eigenvalue weighted by molar-refractivity contribution is -0.120. The van der Waals surface area contributed by atoms with Crippen LogP contribution in [0.2, 0.25) is 0 Å². The van der Waals surface area contributed by atoms with Gasteiger partial charge in [0.1, 0.15) is 5.01 Å². The van der Waals surface area contributed by atoms with Crippen molar-refractivity contribution in [3.8, 4) is 11.1 Å². The first kappa shape index (κ1) is 19.9. The number of carbonyl (C=O) groups is 1. The SMILES string of the molecule is Cl.Nc1cccc(CNC(=O)Cc2nc3ccc(-c4ccccc4)cc3s2)c1. The number of fused-ring (bicyclic) bond motifs is 1. The van der Waals surface area contributed by atoms with Gasteiger partial charge in [-0.05, 0) is 41.0 Å².